The molecule has 1 N–H and O–H groups in total. The van der Waals surface area contributed by atoms with Gasteiger partial charge >= 0.3 is 0 Å². The number of carbonyl (C=O) groups is 1. The first kappa shape index (κ1) is 27.4. The Labute approximate surface area is 199 Å². The fourth-order valence-corrected chi connectivity index (χ4v) is 3.85. The fraction of sp³-hybridized carbons (Fsp3) is 0.905. The molecule has 0 radical (unpaired) electrons. The Hall–Kier alpha value is -0.650. The number of ether oxygens (including phenoxy) is 2. The second-order valence-electron chi connectivity index (χ2n) is 7.78. The summed E-state index contributed by atoms with van der Waals surface area (Å²) in [6, 6.07) is -0.0205. The Balaban J connectivity index is 0.00000450. The highest BCUT2D eigenvalue weighted by atomic mass is 127. The van der Waals surface area contributed by atoms with E-state index in [1.807, 2.05) is 4.90 Å². The van der Waals surface area contributed by atoms with Gasteiger partial charge in [-0.2, -0.15) is 0 Å². The first-order valence-corrected chi connectivity index (χ1v) is 11.3. The predicted octanol–water partition coefficient (Wildman–Crippen LogP) is 1.64. The van der Waals surface area contributed by atoms with E-state index in [1.54, 1.807) is 7.11 Å². The number of guanidine groups is 1. The molecule has 1 amide bonds. The molecule has 0 spiro atoms. The number of nitrogens with one attached hydrogen (secondary N) is 1. The minimum atomic E-state index is -0.0205. The fourth-order valence-electron chi connectivity index (χ4n) is 3.85. The third-order valence-electron chi connectivity index (χ3n) is 5.66. The highest BCUT2D eigenvalue weighted by Gasteiger charge is 2.30. The van der Waals surface area contributed by atoms with Crippen LogP contribution in [0.4, 0.5) is 0 Å². The van der Waals surface area contributed by atoms with Crippen molar-refractivity contribution < 1.29 is 14.3 Å². The van der Waals surface area contributed by atoms with E-state index in [0.29, 0.717) is 19.1 Å². The number of carbonyl (C=O) groups excluding carboxylic acids is 1. The van der Waals surface area contributed by atoms with E-state index >= 15 is 0 Å². The Morgan fingerprint density at radius 1 is 1.00 bits per heavy atom. The van der Waals surface area contributed by atoms with Crippen molar-refractivity contribution in [2.45, 2.75) is 45.6 Å². The van der Waals surface area contributed by atoms with Crippen LogP contribution in [-0.2, 0) is 14.3 Å². The average Bonchev–Trinajstić information content (AvgIpc) is 3.29. The number of methoxy groups -OCH3 is 1. The van der Waals surface area contributed by atoms with E-state index in [-0.39, 0.29) is 30.0 Å². The van der Waals surface area contributed by atoms with Crippen molar-refractivity contribution in [3.63, 3.8) is 0 Å². The van der Waals surface area contributed by atoms with Gasteiger partial charge in [-0.1, -0.05) is 0 Å². The maximum atomic E-state index is 12.7. The molecule has 2 rings (SSSR count). The van der Waals surface area contributed by atoms with Crippen molar-refractivity contribution in [1.82, 2.24) is 20.0 Å². The first-order chi connectivity index (χ1) is 14.2. The predicted molar refractivity (Wildman–Crippen MR) is 132 cm³/mol. The molecule has 1 atom stereocenters. The van der Waals surface area contributed by atoms with Gasteiger partial charge in [0.1, 0.15) is 0 Å². The number of hydrogen-bond acceptors (Lipinski definition) is 5. The highest BCUT2D eigenvalue weighted by Crippen LogP contribution is 2.14. The van der Waals surface area contributed by atoms with Gasteiger partial charge < -0.3 is 24.6 Å². The molecule has 1 unspecified atom stereocenters. The van der Waals surface area contributed by atoms with Crippen molar-refractivity contribution in [3.05, 3.63) is 0 Å². The maximum absolute atomic E-state index is 12.7. The minimum absolute atomic E-state index is 0. The summed E-state index contributed by atoms with van der Waals surface area (Å²) in [7, 11) is 1.69. The quantitative estimate of drug-likeness (QED) is 0.187. The second-order valence-corrected chi connectivity index (χ2v) is 7.78. The van der Waals surface area contributed by atoms with Gasteiger partial charge in [0.15, 0.2) is 5.96 Å². The Morgan fingerprint density at radius 3 is 2.33 bits per heavy atom. The number of hydrogen-bond donors (Lipinski definition) is 1. The summed E-state index contributed by atoms with van der Waals surface area (Å²) in [6.07, 6.45) is 4.32. The smallest absolute Gasteiger partial charge is 0.239 e. The summed E-state index contributed by atoms with van der Waals surface area (Å²) in [5, 5.41) is 3.42. The van der Waals surface area contributed by atoms with E-state index in [1.165, 1.54) is 0 Å². The molecule has 8 nitrogen and oxygen atoms in total. The second kappa shape index (κ2) is 16.0. The van der Waals surface area contributed by atoms with Crippen LogP contribution in [-0.4, -0.2) is 112 Å². The molecule has 0 aromatic carbocycles. The number of rotatable bonds is 11. The first-order valence-electron chi connectivity index (χ1n) is 11.3. The van der Waals surface area contributed by atoms with Crippen LogP contribution in [0.15, 0.2) is 4.99 Å². The lowest BCUT2D eigenvalue weighted by Gasteiger charge is -2.39. The topological polar surface area (TPSA) is 69.6 Å². The van der Waals surface area contributed by atoms with E-state index in [2.05, 4.69) is 29.0 Å². The van der Waals surface area contributed by atoms with Crippen LogP contribution >= 0.6 is 24.0 Å². The molecule has 176 valence electrons. The summed E-state index contributed by atoms with van der Waals surface area (Å²) >= 11 is 0. The van der Waals surface area contributed by atoms with E-state index in [9.17, 15) is 4.79 Å². The van der Waals surface area contributed by atoms with Crippen LogP contribution in [0.25, 0.3) is 0 Å². The van der Waals surface area contributed by atoms with Crippen molar-refractivity contribution in [2.24, 2.45) is 4.99 Å². The molecule has 30 heavy (non-hydrogen) atoms. The van der Waals surface area contributed by atoms with Crippen molar-refractivity contribution in [3.8, 4) is 0 Å². The molecule has 0 saturated carbocycles. The molecule has 9 heteroatoms. The molecule has 2 saturated heterocycles. The summed E-state index contributed by atoms with van der Waals surface area (Å²) < 4.78 is 10.5. The molecule has 0 aromatic heterocycles. The van der Waals surface area contributed by atoms with Crippen molar-refractivity contribution in [1.29, 1.82) is 0 Å². The van der Waals surface area contributed by atoms with Crippen LogP contribution in [0, 0.1) is 0 Å². The van der Waals surface area contributed by atoms with Gasteiger partial charge in [-0.25, -0.2) is 0 Å². The molecule has 2 fully saturated rings. The highest BCUT2D eigenvalue weighted by molar-refractivity contribution is 14.0. The van der Waals surface area contributed by atoms with Crippen LogP contribution < -0.4 is 5.32 Å². The van der Waals surface area contributed by atoms with Crippen LogP contribution in [0.5, 0.6) is 0 Å². The SMILES string of the molecule is CCNC(=NCCCCOCCOC)N1CCN(C(C)C(=O)N2CCCC2)CC1.I. The summed E-state index contributed by atoms with van der Waals surface area (Å²) in [5.74, 6) is 1.29. The standard InChI is InChI=1S/C21H41N5O3.HI/c1-4-22-21(23-9-5-8-16-29-18-17-28-3)26-14-12-24(13-15-26)19(2)20(27)25-10-6-7-11-25;/h19H,4-18H2,1-3H3,(H,22,23);1H. The Bertz CT molecular complexity index is 495. The largest absolute Gasteiger partial charge is 0.382 e. The molecule has 2 aliphatic rings. The zero-order chi connectivity index (χ0) is 20.9. The van der Waals surface area contributed by atoms with Gasteiger partial charge in [0.25, 0.3) is 0 Å². The zero-order valence-corrected chi connectivity index (χ0v) is 21.4. The molecule has 0 bridgehead atoms. The lowest BCUT2D eigenvalue weighted by molar-refractivity contribution is -0.135. The molecular weight excluding hydrogens is 497 g/mol. The van der Waals surface area contributed by atoms with Gasteiger partial charge in [0, 0.05) is 66.1 Å². The van der Waals surface area contributed by atoms with Gasteiger partial charge in [0.2, 0.25) is 5.91 Å². The van der Waals surface area contributed by atoms with Crippen LogP contribution in [0.2, 0.25) is 0 Å². The van der Waals surface area contributed by atoms with E-state index in [4.69, 9.17) is 14.5 Å². The van der Waals surface area contributed by atoms with Crippen molar-refractivity contribution in [2.75, 3.05) is 79.3 Å². The zero-order valence-electron chi connectivity index (χ0n) is 19.1. The minimum Gasteiger partial charge on any atom is -0.382 e. The lowest BCUT2D eigenvalue weighted by atomic mass is 10.2. The average molecular weight is 540 g/mol. The van der Waals surface area contributed by atoms with E-state index < -0.39 is 0 Å². The monoisotopic (exact) mass is 539 g/mol. The third kappa shape index (κ3) is 9.23. The summed E-state index contributed by atoms with van der Waals surface area (Å²) in [4.78, 5) is 24.1. The van der Waals surface area contributed by atoms with Crippen molar-refractivity contribution >= 4 is 35.8 Å². The number of amides is 1. The molecule has 2 aliphatic heterocycles. The van der Waals surface area contributed by atoms with Gasteiger partial charge in [-0.15, -0.1) is 24.0 Å². The van der Waals surface area contributed by atoms with Gasteiger partial charge in [0.05, 0.1) is 19.3 Å². The number of likely N-dealkylation sites (tertiary alicyclic amines) is 1. The summed E-state index contributed by atoms with van der Waals surface area (Å²) in [5.41, 5.74) is 0. The Morgan fingerprint density at radius 2 is 1.70 bits per heavy atom. The summed E-state index contributed by atoms with van der Waals surface area (Å²) in [6.45, 7) is 13.4. The number of aliphatic imine (C=N–C) groups is 1. The lowest BCUT2D eigenvalue weighted by Crippen LogP contribution is -2.57. The number of halogens is 1. The Kier molecular flexibility index (Phi) is 14.6. The molecule has 0 aliphatic carbocycles. The molecular formula is C21H42IN5O3. The number of piperazine rings is 1. The van der Waals surface area contributed by atoms with Gasteiger partial charge in [-0.05, 0) is 39.5 Å². The maximum Gasteiger partial charge on any atom is 0.239 e. The van der Waals surface area contributed by atoms with Gasteiger partial charge in [-0.3, -0.25) is 14.7 Å². The third-order valence-corrected chi connectivity index (χ3v) is 5.66. The van der Waals surface area contributed by atoms with Crippen LogP contribution in [0.1, 0.15) is 39.5 Å². The molecule has 2 heterocycles. The molecule has 0 aromatic rings. The van der Waals surface area contributed by atoms with Crippen LogP contribution in [0.3, 0.4) is 0 Å². The van der Waals surface area contributed by atoms with E-state index in [0.717, 1.165) is 90.6 Å². The number of unbranched alkanes of at least 4 members (excludes halogenated alkanes) is 1. The normalized spacial score (nSPS) is 19.0. The number of nitrogens with zero attached hydrogens (tertiary/aromatic N) is 4.